The Hall–Kier alpha value is -0.660. The zero-order valence-electron chi connectivity index (χ0n) is 19.6. The van der Waals surface area contributed by atoms with Crippen LogP contribution in [0, 0.1) is 12.8 Å². The van der Waals surface area contributed by atoms with Crippen molar-refractivity contribution in [1.82, 2.24) is 0 Å². The maximum Gasteiger partial charge on any atom is -1.00 e. The third-order valence-corrected chi connectivity index (χ3v) is 25.7. The molecule has 2 aliphatic carbocycles. The van der Waals surface area contributed by atoms with Crippen molar-refractivity contribution in [2.75, 3.05) is 0 Å². The zero-order valence-corrected chi connectivity index (χ0v) is 24.6. The van der Waals surface area contributed by atoms with Gasteiger partial charge in [0, 0.05) is 0 Å². The van der Waals surface area contributed by atoms with Gasteiger partial charge in [-0.05, 0) is 0 Å². The minimum Gasteiger partial charge on any atom is -1.00 e. The van der Waals surface area contributed by atoms with Crippen LogP contribution in [0.5, 0.6) is 0 Å². The molecule has 0 nitrogen and oxygen atoms in total. The molecule has 0 saturated heterocycles. The van der Waals surface area contributed by atoms with Crippen LogP contribution in [0.4, 0.5) is 0 Å². The van der Waals surface area contributed by atoms with Crippen LogP contribution in [0.3, 0.4) is 0 Å². The van der Waals surface area contributed by atoms with E-state index >= 15 is 0 Å². The van der Waals surface area contributed by atoms with Gasteiger partial charge in [-0.2, -0.15) is 0 Å². The molecule has 0 bridgehead atoms. The third kappa shape index (κ3) is 4.56. The number of hydrogen-bond acceptors (Lipinski definition) is 0. The van der Waals surface area contributed by atoms with Crippen molar-refractivity contribution in [2.24, 2.45) is 5.92 Å². The molecule has 0 amide bonds. The quantitative estimate of drug-likeness (QED) is 0.514. The van der Waals surface area contributed by atoms with E-state index in [9.17, 15) is 0 Å². The predicted molar refractivity (Wildman–Crippen MR) is 125 cm³/mol. The van der Waals surface area contributed by atoms with E-state index in [-0.39, 0.29) is 30.2 Å². The van der Waals surface area contributed by atoms with E-state index < -0.39 is 20.4 Å². The predicted octanol–water partition coefficient (Wildman–Crippen LogP) is 1.62. The van der Waals surface area contributed by atoms with Gasteiger partial charge in [-0.3, -0.25) is 0 Å². The zero-order chi connectivity index (χ0) is 20.9. The summed E-state index contributed by atoms with van der Waals surface area (Å²) in [5.74, 6) is 0.659. The average Bonchev–Trinajstić information content (AvgIpc) is 3.18. The van der Waals surface area contributed by atoms with Gasteiger partial charge in [-0.1, -0.05) is 0 Å². The molecule has 4 heteroatoms. The van der Waals surface area contributed by atoms with Crippen LogP contribution >= 0.6 is 0 Å². The second-order valence-electron chi connectivity index (χ2n) is 8.95. The summed E-state index contributed by atoms with van der Waals surface area (Å²) in [6, 6.07) is 18.1. The van der Waals surface area contributed by atoms with Crippen molar-refractivity contribution in [3.05, 3.63) is 96.9 Å². The van der Waals surface area contributed by atoms with Gasteiger partial charge in [0.1, 0.15) is 0 Å². The van der Waals surface area contributed by atoms with Crippen molar-refractivity contribution in [3.63, 3.8) is 0 Å². The normalized spacial score (nSPS) is 19.2. The van der Waals surface area contributed by atoms with Crippen LogP contribution < -0.4 is 24.8 Å². The number of hydrogen-bond donors (Lipinski definition) is 0. The number of aryl methyl sites for hydroxylation is 1. The number of benzene rings is 2. The maximum absolute atomic E-state index is 2.69. The molecule has 0 spiro atoms. The van der Waals surface area contributed by atoms with Gasteiger partial charge < -0.3 is 24.8 Å². The molecule has 0 aliphatic heterocycles. The molecule has 0 heterocycles. The first-order valence-electron chi connectivity index (χ1n) is 10.8. The molecular formula is C27H32Cl2SiZr. The average molecular weight is 547 g/mol. The SMILES string of the molecule is CC1=C(C)C(C)[C]([Zr+2]([CH]2C=C(c3ccccc3)c3c(C)cccc32)=[Si](C)C)=C1C.[Cl-].[Cl-]. The van der Waals surface area contributed by atoms with Gasteiger partial charge in [-0.25, -0.2) is 0 Å². The first kappa shape index (κ1) is 26.6. The molecular weight excluding hydrogens is 515 g/mol. The summed E-state index contributed by atoms with van der Waals surface area (Å²) in [6.07, 6.45) is 2.69. The summed E-state index contributed by atoms with van der Waals surface area (Å²) in [4.78, 5) is 0. The van der Waals surface area contributed by atoms with Gasteiger partial charge in [-0.15, -0.1) is 0 Å². The Labute approximate surface area is 209 Å². The fourth-order valence-electron chi connectivity index (χ4n) is 5.30. The summed E-state index contributed by atoms with van der Waals surface area (Å²) in [5, 5.41) is 0. The van der Waals surface area contributed by atoms with Crippen LogP contribution in [-0.4, -0.2) is 5.43 Å². The second-order valence-corrected chi connectivity index (χ2v) is 26.4. The molecule has 0 fully saturated rings. The van der Waals surface area contributed by atoms with Crippen molar-refractivity contribution in [1.29, 1.82) is 0 Å². The standard InChI is InChI=1S/C16H13.C9H13.C2H6Si.2ClH.Zr/c1-12-6-5-9-14-10-11-15(16(12)14)13-7-3-2-4-8-13;1-6-5-7(2)9(4)8(6)3;1-3-2;;;/h2-11H,1H3;6H,1-4H3;1-2H3;2*1H;/q;;;;;+2/p-2. The molecule has 0 aromatic heterocycles. The third-order valence-electron chi connectivity index (χ3n) is 7.11. The van der Waals surface area contributed by atoms with Gasteiger partial charge in [0.15, 0.2) is 0 Å². The summed E-state index contributed by atoms with van der Waals surface area (Å²) >= 11 is -1.91. The summed E-state index contributed by atoms with van der Waals surface area (Å²) in [7, 11) is 0. The molecule has 2 unspecified atom stereocenters. The topological polar surface area (TPSA) is 0 Å². The molecule has 2 aliphatic rings. The Morgan fingerprint density at radius 1 is 0.806 bits per heavy atom. The van der Waals surface area contributed by atoms with Crippen molar-refractivity contribution >= 4 is 11.0 Å². The monoisotopic (exact) mass is 544 g/mol. The Morgan fingerprint density at radius 2 is 1.45 bits per heavy atom. The van der Waals surface area contributed by atoms with E-state index in [1.807, 2.05) is 3.28 Å². The minimum atomic E-state index is -1.91. The van der Waals surface area contributed by atoms with Crippen LogP contribution in [0.1, 0.15) is 53.6 Å². The molecule has 0 N–H and O–H groups in total. The Morgan fingerprint density at radius 3 is 2.00 bits per heavy atom. The number of rotatable bonds is 3. The molecule has 0 radical (unpaired) electrons. The van der Waals surface area contributed by atoms with E-state index in [2.05, 4.69) is 102 Å². The van der Waals surface area contributed by atoms with E-state index in [0.29, 0.717) is 9.54 Å². The Bertz CT molecular complexity index is 1120. The molecule has 0 saturated carbocycles. The second kappa shape index (κ2) is 10.5. The van der Waals surface area contributed by atoms with E-state index in [4.69, 9.17) is 0 Å². The van der Waals surface area contributed by atoms with Gasteiger partial charge in [0.2, 0.25) is 0 Å². The van der Waals surface area contributed by atoms with Crippen molar-refractivity contribution in [2.45, 2.75) is 51.3 Å². The van der Waals surface area contributed by atoms with Crippen molar-refractivity contribution < 1.29 is 45.2 Å². The molecule has 31 heavy (non-hydrogen) atoms. The minimum absolute atomic E-state index is 0. The van der Waals surface area contributed by atoms with Gasteiger partial charge in [0.05, 0.1) is 0 Å². The molecule has 2 aromatic carbocycles. The first-order valence-corrected chi connectivity index (χ1v) is 19.6. The fourth-order valence-corrected chi connectivity index (χ4v) is 25.0. The van der Waals surface area contributed by atoms with Crippen LogP contribution in [0.15, 0.2) is 74.6 Å². The van der Waals surface area contributed by atoms with E-state index in [1.165, 1.54) is 22.3 Å². The Kier molecular flexibility index (Phi) is 9.02. The van der Waals surface area contributed by atoms with Crippen molar-refractivity contribution in [3.8, 4) is 0 Å². The summed E-state index contributed by atoms with van der Waals surface area (Å²) in [5.41, 5.74) is 11.9. The Balaban J connectivity index is 0.00000171. The summed E-state index contributed by atoms with van der Waals surface area (Å²) < 4.78 is 2.59. The number of fused-ring (bicyclic) bond motifs is 1. The first-order chi connectivity index (χ1) is 13.8. The van der Waals surface area contributed by atoms with Crippen LogP contribution in [-0.2, 0) is 20.4 Å². The van der Waals surface area contributed by atoms with Crippen LogP contribution in [0.2, 0.25) is 13.1 Å². The molecule has 4 rings (SSSR count). The number of halogens is 2. The van der Waals surface area contributed by atoms with Crippen LogP contribution in [0.25, 0.3) is 5.57 Å². The maximum atomic E-state index is 2.69. The molecule has 162 valence electrons. The van der Waals surface area contributed by atoms with Gasteiger partial charge in [0.25, 0.3) is 0 Å². The summed E-state index contributed by atoms with van der Waals surface area (Å²) in [6.45, 7) is 17.1. The van der Waals surface area contributed by atoms with E-state index in [1.54, 1.807) is 22.3 Å². The fraction of sp³-hybridized carbons (Fsp3) is 0.333. The number of allylic oxidation sites excluding steroid dienone is 5. The van der Waals surface area contributed by atoms with Gasteiger partial charge >= 0.3 is 185 Å². The molecule has 2 aromatic rings. The van der Waals surface area contributed by atoms with E-state index in [0.717, 1.165) is 0 Å². The smallest absolute Gasteiger partial charge is 1.00 e. The largest absolute Gasteiger partial charge is 1.00 e. The molecule has 2 atom stereocenters.